The third-order valence-corrected chi connectivity index (χ3v) is 3.67. The third kappa shape index (κ3) is 1.91. The van der Waals surface area contributed by atoms with Crippen LogP contribution in [-0.4, -0.2) is 10.3 Å². The molecule has 17 heavy (non-hydrogen) atoms. The predicted octanol–water partition coefficient (Wildman–Crippen LogP) is 3.49. The maximum Gasteiger partial charge on any atom is 0.167 e. The highest BCUT2D eigenvalue weighted by molar-refractivity contribution is 7.11. The van der Waals surface area contributed by atoms with E-state index in [-0.39, 0.29) is 5.75 Å². The van der Waals surface area contributed by atoms with Crippen molar-refractivity contribution in [2.45, 2.75) is 13.3 Å². The largest absolute Gasteiger partial charge is 0.508 e. The van der Waals surface area contributed by atoms with Gasteiger partial charge in [-0.1, -0.05) is 5.16 Å². The molecule has 0 atom stereocenters. The molecule has 3 rings (SSSR count). The molecule has 2 aromatic heterocycles. The lowest BCUT2D eigenvalue weighted by molar-refractivity contribution is 0.447. The first-order valence-corrected chi connectivity index (χ1v) is 6.16. The molecule has 86 valence electrons. The number of rotatable bonds is 2. The molecule has 0 spiro atoms. The number of aromatic hydroxyl groups is 1. The molecule has 1 aromatic carbocycles. The normalized spacial score (nSPS) is 11.1. The highest BCUT2D eigenvalue weighted by Gasteiger charge is 2.10. The van der Waals surface area contributed by atoms with Gasteiger partial charge in [-0.05, 0) is 37.3 Å². The van der Waals surface area contributed by atoms with Crippen LogP contribution >= 0.6 is 11.3 Å². The summed E-state index contributed by atoms with van der Waals surface area (Å²) in [6, 6.07) is 9.23. The van der Waals surface area contributed by atoms with Gasteiger partial charge in [0.1, 0.15) is 5.75 Å². The number of benzene rings is 1. The average molecular weight is 245 g/mol. The van der Waals surface area contributed by atoms with E-state index in [0.717, 1.165) is 17.5 Å². The van der Waals surface area contributed by atoms with Crippen LogP contribution in [0.3, 0.4) is 0 Å². The van der Waals surface area contributed by atoms with Gasteiger partial charge in [-0.2, -0.15) is 0 Å². The van der Waals surface area contributed by atoms with E-state index in [9.17, 15) is 5.11 Å². The fourth-order valence-corrected chi connectivity index (χ4v) is 2.74. The Morgan fingerprint density at radius 1 is 1.29 bits per heavy atom. The van der Waals surface area contributed by atoms with Gasteiger partial charge in [0.15, 0.2) is 5.58 Å². The van der Waals surface area contributed by atoms with E-state index >= 15 is 0 Å². The Balaban J connectivity index is 2.03. The zero-order valence-corrected chi connectivity index (χ0v) is 10.1. The number of phenols is 1. The molecule has 0 amide bonds. The van der Waals surface area contributed by atoms with Crippen LogP contribution < -0.4 is 0 Å². The lowest BCUT2D eigenvalue weighted by atomic mass is 10.1. The number of fused-ring (bicyclic) bond motifs is 1. The summed E-state index contributed by atoms with van der Waals surface area (Å²) in [4.78, 5) is 2.54. The van der Waals surface area contributed by atoms with Crippen molar-refractivity contribution in [3.05, 3.63) is 45.8 Å². The van der Waals surface area contributed by atoms with Gasteiger partial charge >= 0.3 is 0 Å². The van der Waals surface area contributed by atoms with E-state index < -0.39 is 0 Å². The van der Waals surface area contributed by atoms with Crippen LogP contribution in [0.5, 0.6) is 5.75 Å². The molecule has 0 radical (unpaired) electrons. The molecule has 0 unspecified atom stereocenters. The zero-order valence-electron chi connectivity index (χ0n) is 9.30. The Kier molecular flexibility index (Phi) is 2.37. The Labute approximate surface area is 102 Å². The van der Waals surface area contributed by atoms with Crippen LogP contribution in [0.4, 0.5) is 0 Å². The molecular formula is C13H11NO2S. The average Bonchev–Trinajstić information content (AvgIpc) is 2.87. The van der Waals surface area contributed by atoms with Crippen LogP contribution in [-0.2, 0) is 6.42 Å². The lowest BCUT2D eigenvalue weighted by Crippen LogP contribution is -1.84. The van der Waals surface area contributed by atoms with Crippen LogP contribution in [0.2, 0.25) is 0 Å². The third-order valence-electron chi connectivity index (χ3n) is 2.67. The molecule has 3 nitrogen and oxygen atoms in total. The minimum absolute atomic E-state index is 0.240. The van der Waals surface area contributed by atoms with Gasteiger partial charge in [0.25, 0.3) is 0 Å². The second kappa shape index (κ2) is 3.89. The van der Waals surface area contributed by atoms with Gasteiger partial charge in [0, 0.05) is 21.6 Å². The Morgan fingerprint density at radius 2 is 2.18 bits per heavy atom. The summed E-state index contributed by atoms with van der Waals surface area (Å²) in [6.07, 6.45) is 0.745. The lowest BCUT2D eigenvalue weighted by Gasteiger charge is -1.94. The summed E-state index contributed by atoms with van der Waals surface area (Å²) in [5.41, 5.74) is 1.59. The molecule has 4 heteroatoms. The van der Waals surface area contributed by atoms with E-state index in [1.165, 1.54) is 9.75 Å². The summed E-state index contributed by atoms with van der Waals surface area (Å²) < 4.78 is 5.23. The SMILES string of the molecule is Cc1ccc(Cc2noc3ccc(O)cc23)s1. The summed E-state index contributed by atoms with van der Waals surface area (Å²) in [5.74, 6) is 0.240. The highest BCUT2D eigenvalue weighted by atomic mass is 32.1. The van der Waals surface area contributed by atoms with E-state index in [4.69, 9.17) is 4.52 Å². The number of hydrogen-bond donors (Lipinski definition) is 1. The van der Waals surface area contributed by atoms with Gasteiger partial charge < -0.3 is 9.63 Å². The summed E-state index contributed by atoms with van der Waals surface area (Å²) in [7, 11) is 0. The van der Waals surface area contributed by atoms with E-state index in [2.05, 4.69) is 24.2 Å². The zero-order chi connectivity index (χ0) is 11.8. The topological polar surface area (TPSA) is 46.3 Å². The maximum absolute atomic E-state index is 9.48. The number of aromatic nitrogens is 1. The smallest absolute Gasteiger partial charge is 0.167 e. The molecule has 0 aliphatic heterocycles. The second-order valence-electron chi connectivity index (χ2n) is 4.00. The molecule has 0 bridgehead atoms. The Hall–Kier alpha value is -1.81. The van der Waals surface area contributed by atoms with Gasteiger partial charge in [0.05, 0.1) is 5.69 Å². The van der Waals surface area contributed by atoms with Gasteiger partial charge in [-0.3, -0.25) is 0 Å². The number of aryl methyl sites for hydroxylation is 1. The van der Waals surface area contributed by atoms with Crippen LogP contribution in [0, 0.1) is 6.92 Å². The second-order valence-corrected chi connectivity index (χ2v) is 5.37. The Morgan fingerprint density at radius 3 is 2.94 bits per heavy atom. The molecule has 0 aliphatic rings. The standard InChI is InChI=1S/C13H11NO2S/c1-8-2-4-10(17-8)7-12-11-6-9(15)3-5-13(11)16-14-12/h2-6,15H,7H2,1H3. The van der Waals surface area contributed by atoms with Gasteiger partial charge in [-0.15, -0.1) is 11.3 Å². The first-order chi connectivity index (χ1) is 8.22. The fraction of sp³-hybridized carbons (Fsp3) is 0.154. The highest BCUT2D eigenvalue weighted by Crippen LogP contribution is 2.26. The number of hydrogen-bond acceptors (Lipinski definition) is 4. The molecule has 2 heterocycles. The molecule has 1 N–H and O–H groups in total. The molecule has 3 aromatic rings. The van der Waals surface area contributed by atoms with Crippen molar-refractivity contribution < 1.29 is 9.63 Å². The van der Waals surface area contributed by atoms with Crippen LogP contribution in [0.25, 0.3) is 11.0 Å². The van der Waals surface area contributed by atoms with E-state index in [0.29, 0.717) is 5.58 Å². The van der Waals surface area contributed by atoms with Crippen molar-refractivity contribution in [3.63, 3.8) is 0 Å². The van der Waals surface area contributed by atoms with Crippen molar-refractivity contribution in [2.24, 2.45) is 0 Å². The van der Waals surface area contributed by atoms with Gasteiger partial charge in [-0.25, -0.2) is 0 Å². The quantitative estimate of drug-likeness (QED) is 0.751. The molecule has 0 aliphatic carbocycles. The first kappa shape index (κ1) is 10.4. The van der Waals surface area contributed by atoms with E-state index in [1.54, 1.807) is 29.5 Å². The van der Waals surface area contributed by atoms with Crippen molar-refractivity contribution in [1.82, 2.24) is 5.16 Å². The summed E-state index contributed by atoms with van der Waals surface area (Å²) >= 11 is 1.75. The number of thiophene rings is 1. The number of nitrogens with zero attached hydrogens (tertiary/aromatic N) is 1. The molecular weight excluding hydrogens is 234 g/mol. The minimum Gasteiger partial charge on any atom is -0.508 e. The molecule has 0 saturated heterocycles. The van der Waals surface area contributed by atoms with E-state index in [1.807, 2.05) is 0 Å². The van der Waals surface area contributed by atoms with Crippen LogP contribution in [0.15, 0.2) is 34.9 Å². The fourth-order valence-electron chi connectivity index (χ4n) is 1.85. The minimum atomic E-state index is 0.240. The predicted molar refractivity (Wildman–Crippen MR) is 67.5 cm³/mol. The monoisotopic (exact) mass is 245 g/mol. The van der Waals surface area contributed by atoms with Crippen LogP contribution in [0.1, 0.15) is 15.4 Å². The Bertz CT molecular complexity index is 669. The van der Waals surface area contributed by atoms with Crippen molar-refractivity contribution in [1.29, 1.82) is 0 Å². The molecule has 0 fully saturated rings. The molecule has 0 saturated carbocycles. The van der Waals surface area contributed by atoms with Crippen molar-refractivity contribution in [2.75, 3.05) is 0 Å². The number of phenolic OH excluding ortho intramolecular Hbond substituents is 1. The van der Waals surface area contributed by atoms with Crippen molar-refractivity contribution in [3.8, 4) is 5.75 Å². The first-order valence-electron chi connectivity index (χ1n) is 5.35. The van der Waals surface area contributed by atoms with Gasteiger partial charge in [0.2, 0.25) is 0 Å². The summed E-state index contributed by atoms with van der Waals surface area (Å²) in [5, 5.41) is 14.4. The summed E-state index contributed by atoms with van der Waals surface area (Å²) in [6.45, 7) is 2.08. The van der Waals surface area contributed by atoms with Crippen molar-refractivity contribution >= 4 is 22.3 Å². The maximum atomic E-state index is 9.48.